The van der Waals surface area contributed by atoms with Gasteiger partial charge in [0.05, 0.1) is 13.7 Å². The van der Waals surface area contributed by atoms with E-state index in [9.17, 15) is 18.7 Å². The van der Waals surface area contributed by atoms with Crippen LogP contribution in [0.3, 0.4) is 0 Å². The molecule has 0 radical (unpaired) electrons. The molecule has 0 saturated carbocycles. The zero-order chi connectivity index (χ0) is 20.3. The van der Waals surface area contributed by atoms with Crippen molar-refractivity contribution in [3.05, 3.63) is 77.6 Å². The van der Waals surface area contributed by atoms with E-state index in [1.165, 1.54) is 42.8 Å². The summed E-state index contributed by atoms with van der Waals surface area (Å²) in [4.78, 5) is 19.6. The van der Waals surface area contributed by atoms with E-state index in [1.54, 1.807) is 13.0 Å². The van der Waals surface area contributed by atoms with Crippen LogP contribution in [0, 0.1) is 11.6 Å². The minimum absolute atomic E-state index is 0.0505. The number of carbonyl (C=O) groups excluding carboxylic acids is 1. The second-order valence-electron chi connectivity index (χ2n) is 6.33. The van der Waals surface area contributed by atoms with Gasteiger partial charge in [0.15, 0.2) is 0 Å². The zero-order valence-electron chi connectivity index (χ0n) is 15.2. The number of benzene rings is 1. The van der Waals surface area contributed by atoms with Gasteiger partial charge in [0.2, 0.25) is 0 Å². The van der Waals surface area contributed by atoms with Crippen LogP contribution in [0.25, 0.3) is 0 Å². The molecule has 0 spiro atoms. The summed E-state index contributed by atoms with van der Waals surface area (Å²) in [6, 6.07) is 6.04. The fourth-order valence-electron chi connectivity index (χ4n) is 3.07. The minimum atomic E-state index is -1.82. The summed E-state index contributed by atoms with van der Waals surface area (Å²) >= 11 is 0. The van der Waals surface area contributed by atoms with Gasteiger partial charge in [-0.1, -0.05) is 13.0 Å². The highest BCUT2D eigenvalue weighted by molar-refractivity contribution is 5.87. The first-order valence-corrected chi connectivity index (χ1v) is 8.39. The Kier molecular flexibility index (Phi) is 5.46. The number of methoxy groups -OCH3 is 1. The number of hydrogen-bond donors (Lipinski definition) is 1. The van der Waals surface area contributed by atoms with Gasteiger partial charge in [0.1, 0.15) is 35.6 Å². The molecule has 0 aliphatic heterocycles. The maximum Gasteiger partial charge on any atom is 0.356 e. The van der Waals surface area contributed by atoms with E-state index >= 15 is 0 Å². The van der Waals surface area contributed by atoms with E-state index in [-0.39, 0.29) is 17.8 Å². The molecule has 2 heterocycles. The highest BCUT2D eigenvalue weighted by atomic mass is 19.1. The molecule has 146 valence electrons. The van der Waals surface area contributed by atoms with Gasteiger partial charge in [-0.25, -0.2) is 28.2 Å². The topological polar surface area (TPSA) is 90.1 Å². The Morgan fingerprint density at radius 3 is 2.75 bits per heavy atom. The van der Waals surface area contributed by atoms with E-state index in [4.69, 9.17) is 0 Å². The van der Waals surface area contributed by atoms with Crippen molar-refractivity contribution in [2.75, 3.05) is 7.11 Å². The van der Waals surface area contributed by atoms with Crippen LogP contribution in [0.4, 0.5) is 8.78 Å². The Hall–Kier alpha value is -3.20. The third kappa shape index (κ3) is 3.74. The van der Waals surface area contributed by atoms with Gasteiger partial charge in [-0.05, 0) is 23.8 Å². The van der Waals surface area contributed by atoms with Crippen molar-refractivity contribution in [3.8, 4) is 0 Å². The molecule has 28 heavy (non-hydrogen) atoms. The number of esters is 1. The Bertz CT molecular complexity index is 981. The Balaban J connectivity index is 2.09. The quantitative estimate of drug-likeness (QED) is 0.653. The summed E-state index contributed by atoms with van der Waals surface area (Å²) in [5.41, 5.74) is -1.36. The van der Waals surface area contributed by atoms with Crippen LogP contribution in [0.1, 0.15) is 34.5 Å². The first kappa shape index (κ1) is 19.6. The van der Waals surface area contributed by atoms with Gasteiger partial charge < -0.3 is 9.84 Å². The van der Waals surface area contributed by atoms with Crippen molar-refractivity contribution in [2.45, 2.75) is 25.0 Å². The van der Waals surface area contributed by atoms with E-state index in [1.807, 2.05) is 0 Å². The van der Waals surface area contributed by atoms with Crippen LogP contribution >= 0.6 is 0 Å². The molecule has 0 amide bonds. The van der Waals surface area contributed by atoms with Crippen LogP contribution in [-0.4, -0.2) is 37.9 Å². The Morgan fingerprint density at radius 1 is 1.32 bits per heavy atom. The number of halogens is 2. The van der Waals surface area contributed by atoms with Crippen LogP contribution in [0.5, 0.6) is 0 Å². The smallest absolute Gasteiger partial charge is 0.356 e. The van der Waals surface area contributed by atoms with Gasteiger partial charge in [-0.15, -0.1) is 0 Å². The third-order valence-corrected chi connectivity index (χ3v) is 4.66. The third-order valence-electron chi connectivity index (χ3n) is 4.66. The van der Waals surface area contributed by atoms with E-state index in [2.05, 4.69) is 19.8 Å². The Labute approximate surface area is 159 Å². The molecular weight excluding hydrogens is 370 g/mol. The molecule has 2 atom stereocenters. The molecule has 2 aromatic heterocycles. The van der Waals surface area contributed by atoms with Gasteiger partial charge >= 0.3 is 5.97 Å². The number of aliphatic hydroxyl groups is 1. The van der Waals surface area contributed by atoms with Crippen molar-refractivity contribution in [1.29, 1.82) is 0 Å². The first-order valence-electron chi connectivity index (χ1n) is 8.39. The Morgan fingerprint density at radius 2 is 2.11 bits per heavy atom. The zero-order valence-corrected chi connectivity index (χ0v) is 15.2. The standard InChI is InChI=1S/C19H18F2N4O3/c1-12(13-5-6-23-17(7-13)18(26)28-2)19(27,9-25-11-22-10-24-25)15-4-3-14(20)8-16(15)21/h3-8,10-12,27H,9H2,1-2H3. The van der Waals surface area contributed by atoms with E-state index < -0.39 is 29.1 Å². The normalized spacial score (nSPS) is 14.3. The molecule has 0 bridgehead atoms. The number of rotatable bonds is 6. The summed E-state index contributed by atoms with van der Waals surface area (Å²) < 4.78 is 34.0. The summed E-state index contributed by atoms with van der Waals surface area (Å²) in [6.45, 7) is 1.52. The lowest BCUT2D eigenvalue weighted by molar-refractivity contribution is -0.0112. The molecule has 7 nitrogen and oxygen atoms in total. The molecular formula is C19H18F2N4O3. The van der Waals surface area contributed by atoms with Crippen molar-refractivity contribution in [2.24, 2.45) is 0 Å². The predicted molar refractivity (Wildman–Crippen MR) is 94.3 cm³/mol. The predicted octanol–water partition coefficient (Wildman–Crippen LogP) is 2.43. The number of carbonyl (C=O) groups is 1. The molecule has 9 heteroatoms. The number of pyridine rings is 1. The number of nitrogens with zero attached hydrogens (tertiary/aromatic N) is 4. The molecule has 3 aromatic rings. The molecule has 0 fully saturated rings. The lowest BCUT2D eigenvalue weighted by Crippen LogP contribution is -2.38. The molecule has 1 N–H and O–H groups in total. The van der Waals surface area contributed by atoms with Crippen molar-refractivity contribution >= 4 is 5.97 Å². The average molecular weight is 388 g/mol. The molecule has 0 aliphatic rings. The molecule has 3 rings (SSSR count). The van der Waals surface area contributed by atoms with Gasteiger partial charge in [0.25, 0.3) is 0 Å². The van der Waals surface area contributed by atoms with E-state index in [0.717, 1.165) is 6.07 Å². The van der Waals surface area contributed by atoms with Crippen molar-refractivity contribution < 1.29 is 23.4 Å². The second kappa shape index (κ2) is 7.81. The van der Waals surface area contributed by atoms with E-state index in [0.29, 0.717) is 11.6 Å². The van der Waals surface area contributed by atoms with Gasteiger partial charge in [0, 0.05) is 23.7 Å². The summed E-state index contributed by atoms with van der Waals surface area (Å²) in [7, 11) is 1.23. The fourth-order valence-corrected chi connectivity index (χ4v) is 3.07. The van der Waals surface area contributed by atoms with Crippen molar-refractivity contribution in [3.63, 3.8) is 0 Å². The van der Waals surface area contributed by atoms with Crippen LogP contribution < -0.4 is 0 Å². The molecule has 0 aliphatic carbocycles. The van der Waals surface area contributed by atoms with Crippen LogP contribution in [0.2, 0.25) is 0 Å². The first-order chi connectivity index (χ1) is 13.3. The molecule has 1 aromatic carbocycles. The largest absolute Gasteiger partial charge is 0.464 e. The highest BCUT2D eigenvalue weighted by Crippen LogP contribution is 2.39. The maximum atomic E-state index is 14.6. The SMILES string of the molecule is COC(=O)c1cc(C(C)C(O)(Cn2cncn2)c2ccc(F)cc2F)ccn1. The van der Waals surface area contributed by atoms with Gasteiger partial charge in [-0.3, -0.25) is 0 Å². The fraction of sp³-hybridized carbons (Fsp3) is 0.263. The number of hydrogen-bond acceptors (Lipinski definition) is 6. The number of aromatic nitrogens is 4. The maximum absolute atomic E-state index is 14.6. The summed E-state index contributed by atoms with van der Waals surface area (Å²) in [6.07, 6.45) is 4.06. The summed E-state index contributed by atoms with van der Waals surface area (Å²) in [5, 5.41) is 15.5. The minimum Gasteiger partial charge on any atom is -0.464 e. The molecule has 0 saturated heterocycles. The highest BCUT2D eigenvalue weighted by Gasteiger charge is 2.40. The summed E-state index contributed by atoms with van der Waals surface area (Å²) in [5.74, 6) is -3.00. The lowest BCUT2D eigenvalue weighted by Gasteiger charge is -2.35. The van der Waals surface area contributed by atoms with Crippen LogP contribution in [0.15, 0.2) is 49.2 Å². The van der Waals surface area contributed by atoms with Crippen LogP contribution in [-0.2, 0) is 16.9 Å². The average Bonchev–Trinajstić information content (AvgIpc) is 3.19. The molecule has 2 unspecified atom stereocenters. The van der Waals surface area contributed by atoms with Crippen molar-refractivity contribution in [1.82, 2.24) is 19.7 Å². The lowest BCUT2D eigenvalue weighted by atomic mass is 9.78. The monoisotopic (exact) mass is 388 g/mol. The number of ether oxygens (including phenoxy) is 1. The van der Waals surface area contributed by atoms with Gasteiger partial charge in [-0.2, -0.15) is 5.10 Å². The second-order valence-corrected chi connectivity index (χ2v) is 6.33.